The molecular formula is C24H29N5O. The molecular weight excluding hydrogens is 374 g/mol. The van der Waals surface area contributed by atoms with Crippen molar-refractivity contribution in [2.75, 3.05) is 31.6 Å². The molecule has 4 rings (SSSR count). The minimum Gasteiger partial charge on any atom is -0.444 e. The fourth-order valence-electron chi connectivity index (χ4n) is 3.73. The number of aliphatic imine (C=N–C) groups is 1. The molecule has 1 fully saturated rings. The Balaban J connectivity index is 1.24. The molecule has 1 unspecified atom stereocenters. The van der Waals surface area contributed by atoms with Crippen LogP contribution in [0.15, 0.2) is 70.3 Å². The summed E-state index contributed by atoms with van der Waals surface area (Å²) in [6.07, 6.45) is 2.88. The summed E-state index contributed by atoms with van der Waals surface area (Å²) in [5, 5.41) is 6.78. The minimum absolute atomic E-state index is 0.565. The predicted octanol–water partition coefficient (Wildman–Crippen LogP) is 3.84. The van der Waals surface area contributed by atoms with E-state index in [4.69, 9.17) is 4.42 Å². The molecule has 2 N–H and O–H groups in total. The number of nitrogens with one attached hydrogen (secondary N) is 2. The number of nitrogens with zero attached hydrogens (tertiary/aromatic N) is 3. The predicted molar refractivity (Wildman–Crippen MR) is 122 cm³/mol. The third kappa shape index (κ3) is 5.00. The Labute approximate surface area is 178 Å². The highest BCUT2D eigenvalue weighted by molar-refractivity contribution is 5.79. The van der Waals surface area contributed by atoms with Crippen LogP contribution in [0.25, 0.3) is 11.5 Å². The Bertz CT molecular complexity index is 965. The number of hydrogen-bond acceptors (Lipinski definition) is 4. The lowest BCUT2D eigenvalue weighted by Crippen LogP contribution is -2.40. The van der Waals surface area contributed by atoms with Gasteiger partial charge in [0.2, 0.25) is 5.89 Å². The van der Waals surface area contributed by atoms with Crippen LogP contribution in [0.3, 0.4) is 0 Å². The summed E-state index contributed by atoms with van der Waals surface area (Å²) < 4.78 is 5.63. The van der Waals surface area contributed by atoms with Gasteiger partial charge in [0.15, 0.2) is 5.96 Å². The van der Waals surface area contributed by atoms with E-state index in [-0.39, 0.29) is 0 Å². The van der Waals surface area contributed by atoms with E-state index < -0.39 is 0 Å². The Hall–Kier alpha value is -3.28. The van der Waals surface area contributed by atoms with Gasteiger partial charge in [-0.25, -0.2) is 4.98 Å². The van der Waals surface area contributed by atoms with Crippen LogP contribution in [-0.2, 0) is 6.54 Å². The van der Waals surface area contributed by atoms with Crippen molar-refractivity contribution in [2.45, 2.75) is 19.9 Å². The second-order valence-electron chi connectivity index (χ2n) is 7.75. The SMILES string of the molecule is CN=C(NCc1coc(-c2ccc(C)cc2)n1)NCC1CCN(c2ccccc2)C1. The van der Waals surface area contributed by atoms with Gasteiger partial charge in [0.25, 0.3) is 0 Å². The van der Waals surface area contributed by atoms with Gasteiger partial charge in [-0.2, -0.15) is 0 Å². The van der Waals surface area contributed by atoms with Crippen molar-refractivity contribution in [3.05, 3.63) is 72.1 Å². The smallest absolute Gasteiger partial charge is 0.226 e. The number of rotatable bonds is 6. The molecule has 0 aliphatic carbocycles. The standard InChI is InChI=1S/C24H29N5O/c1-18-8-10-20(11-9-18)23-28-21(17-30-23)15-27-24(25-2)26-14-19-12-13-29(16-19)22-6-4-3-5-7-22/h3-11,17,19H,12-16H2,1-2H3,(H2,25,26,27). The Kier molecular flexibility index (Phi) is 6.32. The number of para-hydroxylation sites is 1. The zero-order chi connectivity index (χ0) is 20.8. The van der Waals surface area contributed by atoms with Crippen molar-refractivity contribution >= 4 is 11.6 Å². The number of aryl methyl sites for hydroxylation is 1. The summed E-state index contributed by atoms with van der Waals surface area (Å²) in [4.78, 5) is 11.4. The molecule has 6 nitrogen and oxygen atoms in total. The third-order valence-electron chi connectivity index (χ3n) is 5.48. The first kappa shape index (κ1) is 20.0. The summed E-state index contributed by atoms with van der Waals surface area (Å²) in [5.41, 5.74) is 4.36. The van der Waals surface area contributed by atoms with Crippen molar-refractivity contribution < 1.29 is 4.42 Å². The number of hydrogen-bond donors (Lipinski definition) is 2. The molecule has 0 radical (unpaired) electrons. The van der Waals surface area contributed by atoms with Gasteiger partial charge in [0.05, 0.1) is 12.2 Å². The van der Waals surface area contributed by atoms with Gasteiger partial charge in [0.1, 0.15) is 6.26 Å². The average Bonchev–Trinajstić information content (AvgIpc) is 3.45. The van der Waals surface area contributed by atoms with Crippen LogP contribution >= 0.6 is 0 Å². The normalized spacial score (nSPS) is 16.7. The van der Waals surface area contributed by atoms with E-state index in [0.717, 1.165) is 36.9 Å². The lowest BCUT2D eigenvalue weighted by Gasteiger charge is -2.19. The summed E-state index contributed by atoms with van der Waals surface area (Å²) in [6.45, 7) is 5.70. The quantitative estimate of drug-likeness (QED) is 0.484. The topological polar surface area (TPSA) is 65.7 Å². The molecule has 1 saturated heterocycles. The molecule has 2 heterocycles. The molecule has 0 spiro atoms. The fraction of sp³-hybridized carbons (Fsp3) is 0.333. The third-order valence-corrected chi connectivity index (χ3v) is 5.48. The largest absolute Gasteiger partial charge is 0.444 e. The van der Waals surface area contributed by atoms with E-state index in [1.807, 2.05) is 12.1 Å². The van der Waals surface area contributed by atoms with E-state index in [0.29, 0.717) is 18.4 Å². The number of benzene rings is 2. The highest BCUT2D eigenvalue weighted by Crippen LogP contribution is 2.23. The molecule has 1 aliphatic heterocycles. The first-order valence-electron chi connectivity index (χ1n) is 10.5. The van der Waals surface area contributed by atoms with E-state index in [1.54, 1.807) is 13.3 Å². The minimum atomic E-state index is 0.565. The van der Waals surface area contributed by atoms with E-state index in [9.17, 15) is 0 Å². The Morgan fingerprint density at radius 3 is 2.70 bits per heavy atom. The monoisotopic (exact) mass is 403 g/mol. The van der Waals surface area contributed by atoms with Crippen LogP contribution in [0.5, 0.6) is 0 Å². The maximum absolute atomic E-state index is 5.63. The van der Waals surface area contributed by atoms with Crippen molar-refractivity contribution in [2.24, 2.45) is 10.9 Å². The van der Waals surface area contributed by atoms with Gasteiger partial charge in [-0.05, 0) is 43.5 Å². The summed E-state index contributed by atoms with van der Waals surface area (Å²) in [5.74, 6) is 2.03. The lowest BCUT2D eigenvalue weighted by atomic mass is 10.1. The molecule has 0 bridgehead atoms. The Morgan fingerprint density at radius 2 is 1.93 bits per heavy atom. The number of anilines is 1. The molecule has 1 aliphatic rings. The first-order chi connectivity index (χ1) is 14.7. The fourth-order valence-corrected chi connectivity index (χ4v) is 3.73. The van der Waals surface area contributed by atoms with Crippen LogP contribution < -0.4 is 15.5 Å². The maximum Gasteiger partial charge on any atom is 0.226 e. The number of aromatic nitrogens is 1. The molecule has 0 saturated carbocycles. The van der Waals surface area contributed by atoms with Crippen LogP contribution in [0.2, 0.25) is 0 Å². The molecule has 0 amide bonds. The van der Waals surface area contributed by atoms with Crippen molar-refractivity contribution in [3.8, 4) is 11.5 Å². The molecule has 3 aromatic rings. The second-order valence-corrected chi connectivity index (χ2v) is 7.75. The summed E-state index contributed by atoms with van der Waals surface area (Å²) in [6, 6.07) is 18.8. The van der Waals surface area contributed by atoms with Crippen LogP contribution in [-0.4, -0.2) is 37.6 Å². The number of oxazole rings is 1. The summed E-state index contributed by atoms with van der Waals surface area (Å²) in [7, 11) is 1.79. The molecule has 1 aromatic heterocycles. The van der Waals surface area contributed by atoms with Crippen molar-refractivity contribution in [1.82, 2.24) is 15.6 Å². The van der Waals surface area contributed by atoms with Crippen LogP contribution in [0.4, 0.5) is 5.69 Å². The molecule has 1 atom stereocenters. The molecule has 2 aromatic carbocycles. The second kappa shape index (κ2) is 9.48. The van der Waals surface area contributed by atoms with Gasteiger partial charge in [-0.3, -0.25) is 4.99 Å². The number of guanidine groups is 1. The molecule has 30 heavy (non-hydrogen) atoms. The van der Waals surface area contributed by atoms with Gasteiger partial charge in [0, 0.05) is 37.9 Å². The van der Waals surface area contributed by atoms with Crippen molar-refractivity contribution in [3.63, 3.8) is 0 Å². The first-order valence-corrected chi connectivity index (χ1v) is 10.5. The summed E-state index contributed by atoms with van der Waals surface area (Å²) >= 11 is 0. The van der Waals surface area contributed by atoms with E-state index >= 15 is 0 Å². The van der Waals surface area contributed by atoms with E-state index in [1.165, 1.54) is 17.7 Å². The lowest BCUT2D eigenvalue weighted by molar-refractivity contribution is 0.564. The van der Waals surface area contributed by atoms with Gasteiger partial charge in [-0.1, -0.05) is 35.9 Å². The van der Waals surface area contributed by atoms with Crippen molar-refractivity contribution in [1.29, 1.82) is 0 Å². The average molecular weight is 404 g/mol. The van der Waals surface area contributed by atoms with Gasteiger partial charge < -0.3 is 20.0 Å². The highest BCUT2D eigenvalue weighted by Gasteiger charge is 2.22. The zero-order valence-corrected chi connectivity index (χ0v) is 17.6. The van der Waals surface area contributed by atoms with Gasteiger partial charge in [-0.15, -0.1) is 0 Å². The maximum atomic E-state index is 5.63. The van der Waals surface area contributed by atoms with Crippen LogP contribution in [0, 0.1) is 12.8 Å². The highest BCUT2D eigenvalue weighted by atomic mass is 16.3. The molecule has 156 valence electrons. The zero-order valence-electron chi connectivity index (χ0n) is 17.6. The van der Waals surface area contributed by atoms with Crippen LogP contribution in [0.1, 0.15) is 17.7 Å². The molecule has 6 heteroatoms. The van der Waals surface area contributed by atoms with E-state index in [2.05, 4.69) is 74.9 Å². The van der Waals surface area contributed by atoms with Gasteiger partial charge >= 0.3 is 0 Å². The Morgan fingerprint density at radius 1 is 1.13 bits per heavy atom.